The van der Waals surface area contributed by atoms with Gasteiger partial charge in [0.1, 0.15) is 18.0 Å². The molecule has 2 fully saturated rings. The summed E-state index contributed by atoms with van der Waals surface area (Å²) in [5.41, 5.74) is -3.54. The van der Waals surface area contributed by atoms with E-state index in [1.165, 1.54) is 49.9 Å². The van der Waals surface area contributed by atoms with Crippen LogP contribution in [0.2, 0.25) is 0 Å². The van der Waals surface area contributed by atoms with Gasteiger partial charge in [-0.05, 0) is 74.2 Å². The Labute approximate surface area is 289 Å². The molecule has 5 atom stereocenters. The van der Waals surface area contributed by atoms with Gasteiger partial charge in [0.2, 0.25) is 11.8 Å². The number of piperidine rings is 1. The average molecular weight is 724 g/mol. The summed E-state index contributed by atoms with van der Waals surface area (Å²) in [6.07, 6.45) is -13.1. The van der Waals surface area contributed by atoms with Crippen molar-refractivity contribution in [2.75, 3.05) is 6.54 Å². The molecule has 8 nitrogen and oxygen atoms in total. The number of halogens is 7. The molecule has 2 heterocycles. The van der Waals surface area contributed by atoms with Crippen LogP contribution in [0.25, 0.3) is 0 Å². The number of hydrogen-bond acceptors (Lipinski definition) is 5. The Kier molecular flexibility index (Phi) is 10.7. The Morgan fingerprint density at radius 2 is 1.53 bits per heavy atom. The number of fused-ring (bicyclic) bond motifs is 1. The first kappa shape index (κ1) is 37.6. The van der Waals surface area contributed by atoms with Crippen molar-refractivity contribution in [1.82, 2.24) is 15.5 Å². The van der Waals surface area contributed by atoms with Crippen LogP contribution in [0.1, 0.15) is 73.5 Å². The fourth-order valence-electron chi connectivity index (χ4n) is 6.50. The van der Waals surface area contributed by atoms with Gasteiger partial charge in [-0.1, -0.05) is 42.5 Å². The molecule has 2 saturated heterocycles. The number of nitrogens with one attached hydrogen (secondary N) is 2. The summed E-state index contributed by atoms with van der Waals surface area (Å²) in [5, 5.41) is 5.33. The van der Waals surface area contributed by atoms with Crippen LogP contribution < -0.4 is 10.6 Å². The van der Waals surface area contributed by atoms with E-state index in [4.69, 9.17) is 9.47 Å². The van der Waals surface area contributed by atoms with E-state index < -0.39 is 77.0 Å². The summed E-state index contributed by atoms with van der Waals surface area (Å²) in [5.74, 6) is -2.23. The van der Waals surface area contributed by atoms with Gasteiger partial charge < -0.3 is 25.0 Å². The van der Waals surface area contributed by atoms with Gasteiger partial charge in [-0.2, -0.15) is 26.3 Å². The van der Waals surface area contributed by atoms with Crippen LogP contribution in [0.15, 0.2) is 72.8 Å². The summed E-state index contributed by atoms with van der Waals surface area (Å²) in [7, 11) is 0. The maximum atomic E-state index is 13.9. The smallest absolute Gasteiger partial charge is 0.416 e. The molecule has 15 heteroatoms. The van der Waals surface area contributed by atoms with Gasteiger partial charge in [0.05, 0.1) is 23.3 Å². The lowest BCUT2D eigenvalue weighted by atomic mass is 9.84. The monoisotopic (exact) mass is 723 g/mol. The standard InChI is InChI=1S/C36H36F7N3O5/c1-20(23-13-24(35(38,39)40)15-25(14-23)36(41,42)43)51-29-18-46-28(31(29)22-9-11-26(37)12-10-22)16-27(17-30(46)47)44-32(48)34(2,3)45-33(49)50-19-21-7-5-4-6-8-21/h4-15,20,27-29,31H,16-19H2,1-3H3,(H,44,48)(H,45,49)/t20-,27?,28+,29+,31+/m1/s1. The van der Waals surface area contributed by atoms with E-state index in [0.29, 0.717) is 17.7 Å². The number of carbonyl (C=O) groups excluding carboxylic acids is 3. The maximum absolute atomic E-state index is 13.9. The zero-order valence-corrected chi connectivity index (χ0v) is 27.8. The molecule has 5 rings (SSSR count). The number of benzene rings is 3. The summed E-state index contributed by atoms with van der Waals surface area (Å²) >= 11 is 0. The van der Waals surface area contributed by atoms with E-state index in [1.54, 1.807) is 24.3 Å². The van der Waals surface area contributed by atoms with Crippen molar-refractivity contribution in [3.8, 4) is 0 Å². The maximum Gasteiger partial charge on any atom is 0.416 e. The molecule has 2 aliphatic heterocycles. The second-order valence-corrected chi connectivity index (χ2v) is 13.3. The van der Waals surface area contributed by atoms with E-state index in [9.17, 15) is 45.1 Å². The molecular weight excluding hydrogens is 687 g/mol. The Morgan fingerprint density at radius 3 is 2.12 bits per heavy atom. The van der Waals surface area contributed by atoms with Crippen LogP contribution in [0.3, 0.4) is 0 Å². The van der Waals surface area contributed by atoms with Crippen molar-refractivity contribution >= 4 is 17.9 Å². The van der Waals surface area contributed by atoms with Gasteiger partial charge in [0.15, 0.2) is 0 Å². The normalized spacial score (nSPS) is 21.5. The minimum absolute atomic E-state index is 0.0249. The van der Waals surface area contributed by atoms with E-state index >= 15 is 0 Å². The highest BCUT2D eigenvalue weighted by Crippen LogP contribution is 2.44. The van der Waals surface area contributed by atoms with E-state index in [0.717, 1.165) is 5.56 Å². The van der Waals surface area contributed by atoms with E-state index in [-0.39, 0.29) is 43.5 Å². The Hall–Kier alpha value is -4.66. The van der Waals surface area contributed by atoms with Gasteiger partial charge in [-0.25, -0.2) is 9.18 Å². The minimum atomic E-state index is -5.06. The molecule has 0 aliphatic carbocycles. The highest BCUT2D eigenvalue weighted by Gasteiger charge is 2.50. The molecule has 2 N–H and O–H groups in total. The van der Waals surface area contributed by atoms with Crippen molar-refractivity contribution in [3.05, 3.63) is 106 Å². The summed E-state index contributed by atoms with van der Waals surface area (Å²) in [6, 6.07) is 14.1. The number of alkyl carbamates (subject to hydrolysis) is 1. The van der Waals surface area contributed by atoms with Gasteiger partial charge in [0.25, 0.3) is 0 Å². The lowest BCUT2D eigenvalue weighted by Gasteiger charge is -2.38. The molecule has 3 amide bonds. The molecule has 0 aromatic heterocycles. The molecule has 274 valence electrons. The Morgan fingerprint density at radius 1 is 0.922 bits per heavy atom. The van der Waals surface area contributed by atoms with Gasteiger partial charge >= 0.3 is 18.4 Å². The Bertz CT molecular complexity index is 1700. The number of amides is 3. The number of rotatable bonds is 9. The first-order chi connectivity index (χ1) is 23.8. The van der Waals surface area contributed by atoms with Crippen LogP contribution in [-0.2, 0) is 38.0 Å². The van der Waals surface area contributed by atoms with Crippen molar-refractivity contribution in [3.63, 3.8) is 0 Å². The second-order valence-electron chi connectivity index (χ2n) is 13.3. The number of nitrogens with zero attached hydrogens (tertiary/aromatic N) is 1. The molecule has 0 bridgehead atoms. The fraction of sp³-hybridized carbons (Fsp3) is 0.417. The highest BCUT2D eigenvalue weighted by atomic mass is 19.4. The van der Waals surface area contributed by atoms with Crippen LogP contribution in [0.5, 0.6) is 0 Å². The first-order valence-electron chi connectivity index (χ1n) is 16.1. The SMILES string of the molecule is C[C@@H](O[C@H]1CN2C(=O)CC(NC(=O)C(C)(C)NC(=O)OCc3ccccc3)C[C@H]2[C@@H]1c1ccc(F)cc1)c1cc(C(F)(F)F)cc(C(F)(F)F)c1. The largest absolute Gasteiger partial charge is 0.445 e. The van der Waals surface area contributed by atoms with Crippen LogP contribution in [0, 0.1) is 5.82 Å². The molecule has 1 unspecified atom stereocenters. The average Bonchev–Trinajstić information content (AvgIpc) is 3.41. The molecule has 2 aliphatic rings. The van der Waals surface area contributed by atoms with Crippen molar-refractivity contribution in [1.29, 1.82) is 0 Å². The molecule has 3 aromatic carbocycles. The predicted octanol–water partition coefficient (Wildman–Crippen LogP) is 7.29. The number of hydrogen-bond donors (Lipinski definition) is 2. The zero-order chi connectivity index (χ0) is 37.3. The highest BCUT2D eigenvalue weighted by molar-refractivity contribution is 5.90. The number of carbonyl (C=O) groups is 3. The van der Waals surface area contributed by atoms with Crippen LogP contribution in [-0.4, -0.2) is 53.1 Å². The third kappa shape index (κ3) is 8.99. The molecule has 51 heavy (non-hydrogen) atoms. The third-order valence-corrected chi connectivity index (χ3v) is 9.10. The van der Waals surface area contributed by atoms with E-state index in [1.807, 2.05) is 6.07 Å². The van der Waals surface area contributed by atoms with Crippen molar-refractivity contribution < 1.29 is 54.6 Å². The van der Waals surface area contributed by atoms with Gasteiger partial charge in [0, 0.05) is 31.0 Å². The fourth-order valence-corrected chi connectivity index (χ4v) is 6.50. The lowest BCUT2D eigenvalue weighted by Crippen LogP contribution is -2.59. The van der Waals surface area contributed by atoms with Gasteiger partial charge in [-0.15, -0.1) is 0 Å². The summed E-state index contributed by atoms with van der Waals surface area (Å²) in [4.78, 5) is 40.8. The molecule has 0 saturated carbocycles. The predicted molar refractivity (Wildman–Crippen MR) is 169 cm³/mol. The summed E-state index contributed by atoms with van der Waals surface area (Å²) < 4.78 is 107. The lowest BCUT2D eigenvalue weighted by molar-refractivity contribution is -0.143. The summed E-state index contributed by atoms with van der Waals surface area (Å²) in [6.45, 7) is 4.16. The molecule has 0 radical (unpaired) electrons. The zero-order valence-electron chi connectivity index (χ0n) is 27.8. The van der Waals surface area contributed by atoms with Crippen LogP contribution >= 0.6 is 0 Å². The molecular formula is C36H36F7N3O5. The van der Waals surface area contributed by atoms with Crippen molar-refractivity contribution in [2.45, 2.75) is 88.3 Å². The van der Waals surface area contributed by atoms with E-state index in [2.05, 4.69) is 10.6 Å². The van der Waals surface area contributed by atoms with Crippen molar-refractivity contribution in [2.24, 2.45) is 0 Å². The molecule has 0 spiro atoms. The van der Waals surface area contributed by atoms with Crippen LogP contribution in [0.4, 0.5) is 35.5 Å². The topological polar surface area (TPSA) is 97.0 Å². The third-order valence-electron chi connectivity index (χ3n) is 9.10. The first-order valence-corrected chi connectivity index (χ1v) is 16.1. The number of ether oxygens (including phenoxy) is 2. The quantitative estimate of drug-likeness (QED) is 0.226. The second kappa shape index (κ2) is 14.5. The number of alkyl halides is 6. The Balaban J connectivity index is 1.33. The molecule has 3 aromatic rings. The van der Waals surface area contributed by atoms with Gasteiger partial charge in [-0.3, -0.25) is 9.59 Å². The minimum Gasteiger partial charge on any atom is -0.445 e.